The molecule has 88 valence electrons. The SMILES string of the molecule is NCc1ccccc1N1CCC(CO)CC1. The Morgan fingerprint density at radius 3 is 2.56 bits per heavy atom. The Hall–Kier alpha value is -1.06. The van der Waals surface area contributed by atoms with Crippen molar-refractivity contribution >= 4 is 5.69 Å². The predicted molar refractivity (Wildman–Crippen MR) is 66.4 cm³/mol. The number of rotatable bonds is 3. The van der Waals surface area contributed by atoms with Gasteiger partial charge >= 0.3 is 0 Å². The van der Waals surface area contributed by atoms with Crippen molar-refractivity contribution < 1.29 is 5.11 Å². The number of anilines is 1. The van der Waals surface area contributed by atoms with E-state index in [9.17, 15) is 0 Å². The van der Waals surface area contributed by atoms with Crippen LogP contribution in [0.3, 0.4) is 0 Å². The minimum Gasteiger partial charge on any atom is -0.396 e. The van der Waals surface area contributed by atoms with E-state index in [2.05, 4.69) is 23.1 Å². The number of aliphatic hydroxyl groups is 1. The second kappa shape index (κ2) is 5.32. The van der Waals surface area contributed by atoms with Gasteiger partial charge in [0.05, 0.1) is 0 Å². The third-order valence-corrected chi connectivity index (χ3v) is 3.42. The van der Waals surface area contributed by atoms with E-state index in [4.69, 9.17) is 10.8 Å². The number of piperidine rings is 1. The Balaban J connectivity index is 2.07. The molecule has 3 heteroatoms. The van der Waals surface area contributed by atoms with Crippen LogP contribution < -0.4 is 10.6 Å². The lowest BCUT2D eigenvalue weighted by atomic mass is 9.97. The molecule has 0 spiro atoms. The fourth-order valence-electron chi connectivity index (χ4n) is 2.35. The molecule has 1 aromatic carbocycles. The molecule has 3 nitrogen and oxygen atoms in total. The first-order valence-electron chi connectivity index (χ1n) is 5.99. The summed E-state index contributed by atoms with van der Waals surface area (Å²) in [7, 11) is 0. The van der Waals surface area contributed by atoms with E-state index in [1.165, 1.54) is 11.3 Å². The summed E-state index contributed by atoms with van der Waals surface area (Å²) >= 11 is 0. The van der Waals surface area contributed by atoms with Crippen LogP contribution in [0.1, 0.15) is 18.4 Å². The van der Waals surface area contributed by atoms with E-state index in [0.717, 1.165) is 25.9 Å². The molecule has 0 amide bonds. The van der Waals surface area contributed by atoms with Gasteiger partial charge in [0.25, 0.3) is 0 Å². The van der Waals surface area contributed by atoms with Crippen molar-refractivity contribution in [3.63, 3.8) is 0 Å². The van der Waals surface area contributed by atoms with Crippen LogP contribution in [-0.2, 0) is 6.54 Å². The molecule has 0 saturated carbocycles. The maximum absolute atomic E-state index is 9.11. The van der Waals surface area contributed by atoms with E-state index in [0.29, 0.717) is 19.1 Å². The summed E-state index contributed by atoms with van der Waals surface area (Å²) in [5.41, 5.74) is 8.22. The first-order chi connectivity index (χ1) is 7.85. The molecule has 1 aliphatic rings. The van der Waals surface area contributed by atoms with Crippen LogP contribution in [0.15, 0.2) is 24.3 Å². The highest BCUT2D eigenvalue weighted by atomic mass is 16.3. The molecule has 0 radical (unpaired) electrons. The smallest absolute Gasteiger partial charge is 0.0460 e. The van der Waals surface area contributed by atoms with Gasteiger partial charge in [-0.05, 0) is 30.4 Å². The second-order valence-corrected chi connectivity index (χ2v) is 4.45. The molecule has 16 heavy (non-hydrogen) atoms. The Kier molecular flexibility index (Phi) is 3.80. The number of aliphatic hydroxyl groups excluding tert-OH is 1. The molecular formula is C13H20N2O. The number of para-hydroxylation sites is 1. The fourth-order valence-corrected chi connectivity index (χ4v) is 2.35. The molecule has 0 atom stereocenters. The number of hydrogen-bond donors (Lipinski definition) is 2. The molecular weight excluding hydrogens is 200 g/mol. The van der Waals surface area contributed by atoms with Crippen LogP contribution >= 0.6 is 0 Å². The third kappa shape index (κ3) is 2.36. The van der Waals surface area contributed by atoms with E-state index in [1.54, 1.807) is 0 Å². The molecule has 2 rings (SSSR count). The van der Waals surface area contributed by atoms with Crippen molar-refractivity contribution in [2.75, 3.05) is 24.6 Å². The van der Waals surface area contributed by atoms with Gasteiger partial charge in [-0.1, -0.05) is 18.2 Å². The number of nitrogens with zero attached hydrogens (tertiary/aromatic N) is 1. The van der Waals surface area contributed by atoms with Gasteiger partial charge < -0.3 is 15.7 Å². The summed E-state index contributed by atoms with van der Waals surface area (Å²) in [6.07, 6.45) is 2.16. The van der Waals surface area contributed by atoms with Gasteiger partial charge in [0, 0.05) is 31.9 Å². The van der Waals surface area contributed by atoms with E-state index in [1.807, 2.05) is 6.07 Å². The lowest BCUT2D eigenvalue weighted by Crippen LogP contribution is -2.35. The van der Waals surface area contributed by atoms with Crippen LogP contribution in [0.2, 0.25) is 0 Å². The Bertz CT molecular complexity index is 332. The van der Waals surface area contributed by atoms with Crippen molar-refractivity contribution in [2.45, 2.75) is 19.4 Å². The zero-order valence-electron chi connectivity index (χ0n) is 9.60. The Morgan fingerprint density at radius 1 is 1.25 bits per heavy atom. The average molecular weight is 220 g/mol. The number of benzene rings is 1. The molecule has 0 aliphatic carbocycles. The standard InChI is InChI=1S/C13H20N2O/c14-9-12-3-1-2-4-13(12)15-7-5-11(10-16)6-8-15/h1-4,11,16H,5-10,14H2. The zero-order chi connectivity index (χ0) is 11.4. The summed E-state index contributed by atoms with van der Waals surface area (Å²) in [6, 6.07) is 8.33. The maximum atomic E-state index is 9.11. The monoisotopic (exact) mass is 220 g/mol. The van der Waals surface area contributed by atoms with Crippen LogP contribution in [0.25, 0.3) is 0 Å². The van der Waals surface area contributed by atoms with Crippen LogP contribution in [-0.4, -0.2) is 24.8 Å². The van der Waals surface area contributed by atoms with Crippen LogP contribution in [0, 0.1) is 5.92 Å². The number of hydrogen-bond acceptors (Lipinski definition) is 3. The maximum Gasteiger partial charge on any atom is 0.0460 e. The topological polar surface area (TPSA) is 49.5 Å². The third-order valence-electron chi connectivity index (χ3n) is 3.42. The molecule has 3 N–H and O–H groups in total. The van der Waals surface area contributed by atoms with Crippen molar-refractivity contribution in [1.29, 1.82) is 0 Å². The summed E-state index contributed by atoms with van der Waals surface area (Å²) < 4.78 is 0. The number of nitrogens with two attached hydrogens (primary N) is 1. The summed E-state index contributed by atoms with van der Waals surface area (Å²) in [6.45, 7) is 2.98. The van der Waals surface area contributed by atoms with Crippen molar-refractivity contribution in [3.05, 3.63) is 29.8 Å². The molecule has 0 aromatic heterocycles. The zero-order valence-corrected chi connectivity index (χ0v) is 9.60. The highest BCUT2D eigenvalue weighted by Gasteiger charge is 2.19. The predicted octanol–water partition coefficient (Wildman–Crippen LogP) is 1.35. The minimum absolute atomic E-state index is 0.326. The lowest BCUT2D eigenvalue weighted by molar-refractivity contribution is 0.203. The largest absolute Gasteiger partial charge is 0.396 e. The van der Waals surface area contributed by atoms with Gasteiger partial charge in [-0.15, -0.1) is 0 Å². The highest BCUT2D eigenvalue weighted by molar-refractivity contribution is 5.53. The van der Waals surface area contributed by atoms with Gasteiger partial charge in [-0.3, -0.25) is 0 Å². The lowest BCUT2D eigenvalue weighted by Gasteiger charge is -2.34. The first kappa shape index (κ1) is 11.4. The molecule has 1 aromatic rings. The highest BCUT2D eigenvalue weighted by Crippen LogP contribution is 2.25. The molecule has 0 bridgehead atoms. The van der Waals surface area contributed by atoms with Crippen molar-refractivity contribution in [3.8, 4) is 0 Å². The molecule has 1 heterocycles. The van der Waals surface area contributed by atoms with E-state index >= 15 is 0 Å². The Labute approximate surface area is 96.9 Å². The van der Waals surface area contributed by atoms with Gasteiger partial charge in [-0.2, -0.15) is 0 Å². The van der Waals surface area contributed by atoms with Crippen molar-refractivity contribution in [1.82, 2.24) is 0 Å². The van der Waals surface area contributed by atoms with E-state index in [-0.39, 0.29) is 0 Å². The fraction of sp³-hybridized carbons (Fsp3) is 0.538. The molecule has 0 unspecified atom stereocenters. The summed E-state index contributed by atoms with van der Waals surface area (Å²) in [4.78, 5) is 2.38. The summed E-state index contributed by atoms with van der Waals surface area (Å²) in [5, 5.41) is 9.11. The molecule has 1 fully saturated rings. The van der Waals surface area contributed by atoms with Gasteiger partial charge in [-0.25, -0.2) is 0 Å². The normalized spacial score (nSPS) is 17.8. The van der Waals surface area contributed by atoms with Crippen molar-refractivity contribution in [2.24, 2.45) is 11.7 Å². The van der Waals surface area contributed by atoms with E-state index < -0.39 is 0 Å². The second-order valence-electron chi connectivity index (χ2n) is 4.45. The summed E-state index contributed by atoms with van der Waals surface area (Å²) in [5.74, 6) is 0.487. The van der Waals surface area contributed by atoms with Gasteiger partial charge in [0.15, 0.2) is 0 Å². The van der Waals surface area contributed by atoms with Gasteiger partial charge in [0.2, 0.25) is 0 Å². The molecule has 1 aliphatic heterocycles. The Morgan fingerprint density at radius 2 is 1.94 bits per heavy atom. The first-order valence-corrected chi connectivity index (χ1v) is 5.99. The average Bonchev–Trinajstić information content (AvgIpc) is 2.39. The van der Waals surface area contributed by atoms with Gasteiger partial charge in [0.1, 0.15) is 0 Å². The van der Waals surface area contributed by atoms with Crippen LogP contribution in [0.4, 0.5) is 5.69 Å². The quantitative estimate of drug-likeness (QED) is 0.808. The molecule has 1 saturated heterocycles. The van der Waals surface area contributed by atoms with Crippen LogP contribution in [0.5, 0.6) is 0 Å². The minimum atomic E-state index is 0.326.